The van der Waals surface area contributed by atoms with Gasteiger partial charge >= 0.3 is 5.97 Å². The van der Waals surface area contributed by atoms with Crippen LogP contribution in [0, 0.1) is 5.92 Å². The normalized spacial score (nSPS) is 21.1. The van der Waals surface area contributed by atoms with Gasteiger partial charge in [0.2, 0.25) is 11.8 Å². The van der Waals surface area contributed by atoms with Crippen LogP contribution in [0.2, 0.25) is 0 Å². The van der Waals surface area contributed by atoms with Crippen molar-refractivity contribution in [3.63, 3.8) is 0 Å². The first-order valence-electron chi connectivity index (χ1n) is 14.5. The van der Waals surface area contributed by atoms with Crippen LogP contribution in [0.5, 0.6) is 5.75 Å². The van der Waals surface area contributed by atoms with Gasteiger partial charge in [0.25, 0.3) is 5.91 Å². The zero-order valence-corrected chi connectivity index (χ0v) is 24.5. The smallest absolute Gasteiger partial charge is 0.329 e. The lowest BCUT2D eigenvalue weighted by Crippen LogP contribution is -2.60. The monoisotopic (exact) mass is 594 g/mol. The van der Waals surface area contributed by atoms with E-state index in [0.717, 1.165) is 37.0 Å². The predicted octanol–water partition coefficient (Wildman–Crippen LogP) is 0.146. The number of phenols is 1. The molecule has 0 aliphatic carbocycles. The predicted molar refractivity (Wildman–Crippen MR) is 153 cm³/mol. The number of aliphatic hydroxyl groups excluding tert-OH is 3. The lowest BCUT2D eigenvalue weighted by atomic mass is 10.0. The van der Waals surface area contributed by atoms with E-state index in [9.17, 15) is 44.7 Å². The molecule has 236 valence electrons. The van der Waals surface area contributed by atoms with Gasteiger partial charge in [0, 0.05) is 12.6 Å². The fraction of sp³-hybridized carbons (Fsp3) is 0.655. The summed E-state index contributed by atoms with van der Waals surface area (Å²) in [5, 5.41) is 55.3. The number of likely N-dealkylation sites (tertiary alicyclic amines) is 1. The van der Waals surface area contributed by atoms with Gasteiger partial charge in [0.15, 0.2) is 6.04 Å². The molecule has 0 bridgehead atoms. The Kier molecular flexibility index (Phi) is 13.6. The number of hydrogen-bond donors (Lipinski definition) is 8. The van der Waals surface area contributed by atoms with Crippen LogP contribution in [0.3, 0.4) is 0 Å². The molecule has 0 radical (unpaired) electrons. The minimum atomic E-state index is -1.76. The maximum Gasteiger partial charge on any atom is 0.329 e. The summed E-state index contributed by atoms with van der Waals surface area (Å²) in [4.78, 5) is 52.7. The first-order valence-corrected chi connectivity index (χ1v) is 14.5. The van der Waals surface area contributed by atoms with Crippen molar-refractivity contribution in [1.29, 1.82) is 0 Å². The third-order valence-electron chi connectivity index (χ3n) is 7.57. The minimum absolute atomic E-state index is 0.0902. The molecule has 1 heterocycles. The number of carbonyl (C=O) groups is 4. The fourth-order valence-electron chi connectivity index (χ4n) is 5.07. The van der Waals surface area contributed by atoms with Crippen molar-refractivity contribution < 1.29 is 44.7 Å². The molecule has 8 atom stereocenters. The van der Waals surface area contributed by atoms with Crippen LogP contribution in [0.4, 0.5) is 0 Å². The van der Waals surface area contributed by atoms with E-state index in [1.165, 1.54) is 31.2 Å². The summed E-state index contributed by atoms with van der Waals surface area (Å²) in [6.45, 7) is 5.25. The first-order chi connectivity index (χ1) is 19.8. The Balaban J connectivity index is 2.12. The highest BCUT2D eigenvalue weighted by molar-refractivity contribution is 5.95. The first kappa shape index (κ1) is 34.9. The van der Waals surface area contributed by atoms with Crippen molar-refractivity contribution in [3.05, 3.63) is 29.8 Å². The third-order valence-corrected chi connectivity index (χ3v) is 7.57. The number of carboxylic acid groups (broad SMARTS) is 1. The quantitative estimate of drug-likeness (QED) is 0.121. The molecule has 0 spiro atoms. The molecule has 13 nitrogen and oxygen atoms in total. The number of amides is 3. The number of aliphatic hydroxyl groups is 3. The molecular weight excluding hydrogens is 548 g/mol. The van der Waals surface area contributed by atoms with Crippen LogP contribution in [-0.2, 0) is 19.2 Å². The lowest BCUT2D eigenvalue weighted by Gasteiger charge is -2.31. The standard InChI is InChI=1S/C29H46N4O9/c1-4-5-6-7-8-9-20(30)25(37)27(39)31-22(17(3)34)28(40)33-15-16(2)14-21(33)26(38)32-23(29(41)42)24(36)18-10-12-19(35)13-11-18/h10-13,16-17,20-25,34-37H,4-9,14-15,30H2,1-3H3,(H,31,39)(H,32,38)(H,41,42)/t16?,17?,20?,21-,22?,23-,24?,25?/m0/s1. The Morgan fingerprint density at radius 3 is 2.19 bits per heavy atom. The highest BCUT2D eigenvalue weighted by Crippen LogP contribution is 2.26. The number of aromatic hydroxyl groups is 1. The average Bonchev–Trinajstić information content (AvgIpc) is 3.34. The van der Waals surface area contributed by atoms with Crippen LogP contribution in [0.25, 0.3) is 0 Å². The number of phenolic OH excluding ortho intramolecular Hbond substituents is 1. The highest BCUT2D eigenvalue weighted by Gasteiger charge is 2.44. The second kappa shape index (κ2) is 16.4. The molecule has 1 fully saturated rings. The molecule has 0 aromatic heterocycles. The summed E-state index contributed by atoms with van der Waals surface area (Å²) in [7, 11) is 0. The van der Waals surface area contributed by atoms with Crippen LogP contribution >= 0.6 is 0 Å². The maximum absolute atomic E-state index is 13.5. The molecular formula is C29H46N4O9. The Hall–Kier alpha value is -3.26. The SMILES string of the molecule is CCCCCCCC(N)C(O)C(=O)NC(C(=O)N1CC(C)C[C@H]1C(=O)N[C@H](C(=O)O)C(O)c1ccc(O)cc1)C(C)O. The average molecular weight is 595 g/mol. The molecule has 0 saturated carbocycles. The second-order valence-corrected chi connectivity index (χ2v) is 11.2. The van der Waals surface area contributed by atoms with Crippen molar-refractivity contribution in [2.45, 2.75) is 108 Å². The number of nitrogens with zero attached hydrogens (tertiary/aromatic N) is 1. The van der Waals surface area contributed by atoms with E-state index >= 15 is 0 Å². The number of benzene rings is 1. The molecule has 6 unspecified atom stereocenters. The number of carbonyl (C=O) groups excluding carboxylic acids is 3. The van der Waals surface area contributed by atoms with Crippen LogP contribution < -0.4 is 16.4 Å². The number of hydrogen-bond acceptors (Lipinski definition) is 9. The highest BCUT2D eigenvalue weighted by atomic mass is 16.4. The fourth-order valence-corrected chi connectivity index (χ4v) is 5.07. The molecule has 3 amide bonds. The maximum atomic E-state index is 13.5. The summed E-state index contributed by atoms with van der Waals surface area (Å²) >= 11 is 0. The van der Waals surface area contributed by atoms with Crippen molar-refractivity contribution in [3.8, 4) is 5.75 Å². The molecule has 2 rings (SSSR count). The zero-order chi connectivity index (χ0) is 31.6. The van der Waals surface area contributed by atoms with Crippen molar-refractivity contribution in [1.82, 2.24) is 15.5 Å². The third kappa shape index (κ3) is 9.65. The minimum Gasteiger partial charge on any atom is -0.508 e. The molecule has 13 heteroatoms. The van der Waals surface area contributed by atoms with Crippen molar-refractivity contribution in [2.75, 3.05) is 6.54 Å². The van der Waals surface area contributed by atoms with Gasteiger partial charge in [-0.15, -0.1) is 0 Å². The Bertz CT molecular complexity index is 1050. The van der Waals surface area contributed by atoms with Gasteiger partial charge in [-0.2, -0.15) is 0 Å². The number of unbranched alkanes of at least 4 members (excludes halogenated alkanes) is 4. The van der Waals surface area contributed by atoms with Crippen LogP contribution in [0.15, 0.2) is 24.3 Å². The van der Waals surface area contributed by atoms with E-state index in [-0.39, 0.29) is 30.2 Å². The zero-order valence-electron chi connectivity index (χ0n) is 24.5. The van der Waals surface area contributed by atoms with E-state index in [1.807, 2.05) is 0 Å². The molecule has 9 N–H and O–H groups in total. The molecule has 1 aromatic carbocycles. The Labute approximate surface area is 246 Å². The molecule has 1 aliphatic rings. The summed E-state index contributed by atoms with van der Waals surface area (Å²) in [6, 6.07) is -0.107. The molecule has 1 aliphatic heterocycles. The number of aliphatic carboxylic acids is 1. The lowest BCUT2D eigenvalue weighted by molar-refractivity contribution is -0.148. The summed E-state index contributed by atoms with van der Waals surface area (Å²) < 4.78 is 0. The second-order valence-electron chi connectivity index (χ2n) is 11.2. The van der Waals surface area contributed by atoms with Crippen LogP contribution in [0.1, 0.15) is 77.4 Å². The number of carboxylic acids is 1. The van der Waals surface area contributed by atoms with Crippen molar-refractivity contribution >= 4 is 23.7 Å². The number of nitrogens with two attached hydrogens (primary N) is 1. The van der Waals surface area contributed by atoms with E-state index in [4.69, 9.17) is 5.73 Å². The summed E-state index contributed by atoms with van der Waals surface area (Å²) in [5.74, 6) is -4.32. The summed E-state index contributed by atoms with van der Waals surface area (Å²) in [6.07, 6.45) is 0.742. The van der Waals surface area contributed by atoms with Crippen LogP contribution in [-0.4, -0.2) is 97.0 Å². The van der Waals surface area contributed by atoms with Crippen molar-refractivity contribution in [2.24, 2.45) is 11.7 Å². The topological polar surface area (TPSA) is 223 Å². The van der Waals surface area contributed by atoms with Gasteiger partial charge in [-0.1, -0.05) is 58.1 Å². The van der Waals surface area contributed by atoms with Gasteiger partial charge < -0.3 is 46.8 Å². The Morgan fingerprint density at radius 2 is 1.62 bits per heavy atom. The number of nitrogens with one attached hydrogen (secondary N) is 2. The molecule has 1 saturated heterocycles. The number of rotatable bonds is 16. The largest absolute Gasteiger partial charge is 0.508 e. The van der Waals surface area contributed by atoms with E-state index in [2.05, 4.69) is 17.6 Å². The summed E-state index contributed by atoms with van der Waals surface area (Å²) in [5.41, 5.74) is 6.15. The van der Waals surface area contributed by atoms with E-state index < -0.39 is 66.2 Å². The van der Waals surface area contributed by atoms with Gasteiger partial charge in [0.05, 0.1) is 6.10 Å². The van der Waals surface area contributed by atoms with E-state index in [0.29, 0.717) is 6.42 Å². The molecule has 42 heavy (non-hydrogen) atoms. The Morgan fingerprint density at radius 1 is 1.00 bits per heavy atom. The van der Waals surface area contributed by atoms with Gasteiger partial charge in [-0.05, 0) is 43.4 Å². The molecule has 1 aromatic rings. The van der Waals surface area contributed by atoms with E-state index in [1.54, 1.807) is 6.92 Å². The van der Waals surface area contributed by atoms with Gasteiger partial charge in [-0.25, -0.2) is 4.79 Å². The van der Waals surface area contributed by atoms with Gasteiger partial charge in [-0.3, -0.25) is 14.4 Å². The van der Waals surface area contributed by atoms with Gasteiger partial charge in [0.1, 0.15) is 30.0 Å².